The summed E-state index contributed by atoms with van der Waals surface area (Å²) in [4.78, 5) is 0. The Morgan fingerprint density at radius 2 is 2.12 bits per heavy atom. The van der Waals surface area contributed by atoms with Crippen LogP contribution in [0.25, 0.3) is 10.9 Å². The first kappa shape index (κ1) is 9.95. The number of nitrogens with zero attached hydrogens (tertiary/aromatic N) is 1. The van der Waals surface area contributed by atoms with E-state index in [1.807, 2.05) is 0 Å². The lowest BCUT2D eigenvalue weighted by atomic mass is 9.85. The van der Waals surface area contributed by atoms with Gasteiger partial charge in [-0.2, -0.15) is 0 Å². The standard InChI is InChI=1S/C15H19N/c1-2-13-7-4-8-14-9-10-16(15(13)14)11-12-5-3-6-12/h4,7-10,12H,2-3,5-6,11H2,1H3. The van der Waals surface area contributed by atoms with E-state index in [4.69, 9.17) is 0 Å². The summed E-state index contributed by atoms with van der Waals surface area (Å²) in [5.74, 6) is 0.931. The molecule has 0 unspecified atom stereocenters. The lowest BCUT2D eigenvalue weighted by molar-refractivity contribution is 0.280. The summed E-state index contributed by atoms with van der Waals surface area (Å²) in [7, 11) is 0. The van der Waals surface area contributed by atoms with Gasteiger partial charge in [0.15, 0.2) is 0 Å². The topological polar surface area (TPSA) is 4.93 Å². The van der Waals surface area contributed by atoms with Crippen molar-refractivity contribution in [3.8, 4) is 0 Å². The summed E-state index contributed by atoms with van der Waals surface area (Å²) in [5, 5.41) is 1.40. The van der Waals surface area contributed by atoms with Gasteiger partial charge >= 0.3 is 0 Å². The van der Waals surface area contributed by atoms with Gasteiger partial charge in [0, 0.05) is 12.7 Å². The first-order chi connectivity index (χ1) is 7.88. The molecule has 1 aromatic carbocycles. The van der Waals surface area contributed by atoms with Crippen LogP contribution in [0.5, 0.6) is 0 Å². The van der Waals surface area contributed by atoms with Crippen LogP contribution in [0.2, 0.25) is 0 Å². The largest absolute Gasteiger partial charge is 0.347 e. The molecule has 0 amide bonds. The van der Waals surface area contributed by atoms with Crippen molar-refractivity contribution in [2.45, 2.75) is 39.2 Å². The molecule has 1 aliphatic rings. The van der Waals surface area contributed by atoms with E-state index in [2.05, 4.69) is 42.0 Å². The van der Waals surface area contributed by atoms with E-state index in [1.54, 1.807) is 0 Å². The molecule has 16 heavy (non-hydrogen) atoms. The van der Waals surface area contributed by atoms with Crippen molar-refractivity contribution in [3.05, 3.63) is 36.0 Å². The number of aromatic nitrogens is 1. The van der Waals surface area contributed by atoms with E-state index in [9.17, 15) is 0 Å². The molecule has 84 valence electrons. The molecule has 1 heterocycles. The normalized spacial score (nSPS) is 16.6. The first-order valence-electron chi connectivity index (χ1n) is 6.45. The van der Waals surface area contributed by atoms with Gasteiger partial charge in [-0.05, 0) is 42.2 Å². The molecule has 1 fully saturated rings. The van der Waals surface area contributed by atoms with Crippen LogP contribution < -0.4 is 0 Å². The van der Waals surface area contributed by atoms with E-state index in [1.165, 1.54) is 42.3 Å². The fourth-order valence-corrected chi connectivity index (χ4v) is 2.73. The molecule has 1 heteroatoms. The van der Waals surface area contributed by atoms with Gasteiger partial charge in [-0.3, -0.25) is 0 Å². The van der Waals surface area contributed by atoms with Gasteiger partial charge in [0.25, 0.3) is 0 Å². The van der Waals surface area contributed by atoms with Crippen LogP contribution >= 0.6 is 0 Å². The number of fused-ring (bicyclic) bond motifs is 1. The number of aryl methyl sites for hydroxylation is 1. The Morgan fingerprint density at radius 3 is 2.81 bits per heavy atom. The molecule has 1 aromatic heterocycles. The summed E-state index contributed by atoms with van der Waals surface area (Å²) in [6.07, 6.45) is 7.68. The number of para-hydroxylation sites is 1. The Hall–Kier alpha value is -1.24. The molecule has 1 saturated carbocycles. The molecular formula is C15H19N. The zero-order valence-electron chi connectivity index (χ0n) is 9.95. The third-order valence-electron chi connectivity index (χ3n) is 3.93. The summed E-state index contributed by atoms with van der Waals surface area (Å²) in [6.45, 7) is 3.47. The zero-order chi connectivity index (χ0) is 11.0. The highest BCUT2D eigenvalue weighted by Crippen LogP contribution is 2.30. The van der Waals surface area contributed by atoms with Gasteiger partial charge in [-0.1, -0.05) is 31.5 Å². The summed E-state index contributed by atoms with van der Waals surface area (Å²) < 4.78 is 2.47. The van der Waals surface area contributed by atoms with Crippen molar-refractivity contribution >= 4 is 10.9 Å². The van der Waals surface area contributed by atoms with Crippen LogP contribution in [0.3, 0.4) is 0 Å². The lowest BCUT2D eigenvalue weighted by Crippen LogP contribution is -2.17. The second kappa shape index (κ2) is 3.97. The maximum Gasteiger partial charge on any atom is 0.0512 e. The zero-order valence-corrected chi connectivity index (χ0v) is 9.95. The van der Waals surface area contributed by atoms with Crippen molar-refractivity contribution in [2.24, 2.45) is 5.92 Å². The number of rotatable bonds is 3. The fourth-order valence-electron chi connectivity index (χ4n) is 2.73. The molecule has 0 bridgehead atoms. The highest BCUT2D eigenvalue weighted by atomic mass is 15.0. The average molecular weight is 213 g/mol. The molecule has 0 spiro atoms. The van der Waals surface area contributed by atoms with Gasteiger partial charge in [-0.25, -0.2) is 0 Å². The van der Waals surface area contributed by atoms with Gasteiger partial charge < -0.3 is 4.57 Å². The van der Waals surface area contributed by atoms with Crippen molar-refractivity contribution in [3.63, 3.8) is 0 Å². The van der Waals surface area contributed by atoms with Gasteiger partial charge in [0.1, 0.15) is 0 Å². The van der Waals surface area contributed by atoms with Crippen LogP contribution in [-0.4, -0.2) is 4.57 Å². The van der Waals surface area contributed by atoms with Gasteiger partial charge in [0.05, 0.1) is 5.52 Å². The minimum absolute atomic E-state index is 0.931. The highest BCUT2D eigenvalue weighted by molar-refractivity contribution is 5.83. The fraction of sp³-hybridized carbons (Fsp3) is 0.467. The SMILES string of the molecule is CCc1cccc2ccn(CC3CCC3)c12. The Bertz CT molecular complexity index is 491. The highest BCUT2D eigenvalue weighted by Gasteiger charge is 2.18. The van der Waals surface area contributed by atoms with Crippen molar-refractivity contribution in [1.82, 2.24) is 4.57 Å². The minimum Gasteiger partial charge on any atom is -0.347 e. The van der Waals surface area contributed by atoms with Crippen molar-refractivity contribution in [1.29, 1.82) is 0 Å². The smallest absolute Gasteiger partial charge is 0.0512 e. The van der Waals surface area contributed by atoms with Crippen LogP contribution in [-0.2, 0) is 13.0 Å². The first-order valence-corrected chi connectivity index (χ1v) is 6.45. The second-order valence-electron chi connectivity index (χ2n) is 4.97. The summed E-state index contributed by atoms with van der Waals surface area (Å²) >= 11 is 0. The Kier molecular flexibility index (Phi) is 2.47. The number of hydrogen-bond donors (Lipinski definition) is 0. The Labute approximate surface area is 97.1 Å². The lowest BCUT2D eigenvalue weighted by Gasteiger charge is -2.26. The molecule has 1 aliphatic carbocycles. The Balaban J connectivity index is 2.02. The van der Waals surface area contributed by atoms with Gasteiger partial charge in [0.2, 0.25) is 0 Å². The monoisotopic (exact) mass is 213 g/mol. The Morgan fingerprint density at radius 1 is 1.25 bits per heavy atom. The maximum absolute atomic E-state index is 2.47. The predicted molar refractivity (Wildman–Crippen MR) is 68.7 cm³/mol. The van der Waals surface area contributed by atoms with Crippen LogP contribution in [0.15, 0.2) is 30.5 Å². The molecule has 0 radical (unpaired) electrons. The van der Waals surface area contributed by atoms with Crippen molar-refractivity contribution in [2.75, 3.05) is 0 Å². The van der Waals surface area contributed by atoms with Crippen LogP contribution in [0, 0.1) is 5.92 Å². The maximum atomic E-state index is 2.47. The molecule has 2 aromatic rings. The third-order valence-corrected chi connectivity index (χ3v) is 3.93. The van der Waals surface area contributed by atoms with E-state index in [0.29, 0.717) is 0 Å². The third kappa shape index (κ3) is 1.55. The molecule has 0 N–H and O–H groups in total. The van der Waals surface area contributed by atoms with E-state index < -0.39 is 0 Å². The molecule has 1 nitrogen and oxygen atoms in total. The molecular weight excluding hydrogens is 194 g/mol. The average Bonchev–Trinajstić information content (AvgIpc) is 2.66. The van der Waals surface area contributed by atoms with Gasteiger partial charge in [-0.15, -0.1) is 0 Å². The van der Waals surface area contributed by atoms with Crippen LogP contribution in [0.4, 0.5) is 0 Å². The summed E-state index contributed by atoms with van der Waals surface area (Å²) in [5.41, 5.74) is 2.96. The molecule has 3 rings (SSSR count). The minimum atomic E-state index is 0.931. The summed E-state index contributed by atoms with van der Waals surface area (Å²) in [6, 6.07) is 8.92. The molecule has 0 aliphatic heterocycles. The number of hydrogen-bond acceptors (Lipinski definition) is 0. The molecule has 0 saturated heterocycles. The van der Waals surface area contributed by atoms with E-state index in [-0.39, 0.29) is 0 Å². The molecule has 0 atom stereocenters. The predicted octanol–water partition coefficient (Wildman–Crippen LogP) is 4.00. The van der Waals surface area contributed by atoms with Crippen molar-refractivity contribution < 1.29 is 0 Å². The second-order valence-corrected chi connectivity index (χ2v) is 4.97. The van der Waals surface area contributed by atoms with E-state index in [0.717, 1.165) is 12.3 Å². The quantitative estimate of drug-likeness (QED) is 0.726. The number of benzene rings is 1. The van der Waals surface area contributed by atoms with Crippen LogP contribution in [0.1, 0.15) is 31.7 Å². The van der Waals surface area contributed by atoms with E-state index >= 15 is 0 Å².